The number of thioether (sulfide) groups is 1. The zero-order valence-corrected chi connectivity index (χ0v) is 19.2. The Kier molecular flexibility index (Phi) is 7.16. The molecular formula is C23H27FN4O4S. The quantitative estimate of drug-likeness (QED) is 0.523. The van der Waals surface area contributed by atoms with E-state index >= 15 is 0 Å². The van der Waals surface area contributed by atoms with Crippen molar-refractivity contribution in [1.82, 2.24) is 20.1 Å². The largest absolute Gasteiger partial charge is 0.382 e. The maximum absolute atomic E-state index is 13.3. The highest BCUT2D eigenvalue weighted by Gasteiger charge is 2.36. The molecule has 2 amide bonds. The molecule has 4 rings (SSSR count). The number of halogens is 1. The van der Waals surface area contributed by atoms with Gasteiger partial charge in [0.15, 0.2) is 5.43 Å². The van der Waals surface area contributed by atoms with Crippen molar-refractivity contribution in [2.24, 2.45) is 0 Å². The van der Waals surface area contributed by atoms with Crippen molar-refractivity contribution in [2.75, 3.05) is 19.3 Å². The van der Waals surface area contributed by atoms with Crippen LogP contribution in [0, 0.1) is 5.82 Å². The minimum absolute atomic E-state index is 0.0495. The topological polar surface area (TPSA) is 104 Å². The predicted molar refractivity (Wildman–Crippen MR) is 124 cm³/mol. The lowest BCUT2D eigenvalue weighted by molar-refractivity contribution is 0.0465. The molecule has 0 bridgehead atoms. The van der Waals surface area contributed by atoms with Crippen LogP contribution in [0.15, 0.2) is 35.3 Å². The van der Waals surface area contributed by atoms with Gasteiger partial charge in [-0.1, -0.05) is 12.1 Å². The summed E-state index contributed by atoms with van der Waals surface area (Å²) in [5, 5.41) is 16.0. The molecule has 0 aliphatic carbocycles. The normalized spacial score (nSPS) is 18.5. The molecule has 10 heteroatoms. The Balaban J connectivity index is 1.67. The molecule has 0 radical (unpaired) electrons. The number of fused-ring (bicyclic) bond motifs is 2. The van der Waals surface area contributed by atoms with E-state index in [1.807, 2.05) is 0 Å². The van der Waals surface area contributed by atoms with Gasteiger partial charge in [-0.2, -0.15) is 0 Å². The summed E-state index contributed by atoms with van der Waals surface area (Å²) in [5.41, 5.74) is 0.0249. The molecule has 0 spiro atoms. The van der Waals surface area contributed by atoms with Crippen molar-refractivity contribution in [3.05, 3.63) is 68.9 Å². The van der Waals surface area contributed by atoms with E-state index in [0.717, 1.165) is 13.0 Å². The number of aliphatic hydroxyl groups is 1. The fourth-order valence-electron chi connectivity index (χ4n) is 4.29. The Hall–Kier alpha value is -2.69. The van der Waals surface area contributed by atoms with Gasteiger partial charge in [0, 0.05) is 24.8 Å². The number of benzene rings is 1. The molecule has 2 aromatic rings. The zero-order chi connectivity index (χ0) is 23.5. The molecule has 1 aromatic carbocycles. The predicted octanol–water partition coefficient (Wildman–Crippen LogP) is 1.31. The van der Waals surface area contributed by atoms with Gasteiger partial charge < -0.3 is 19.9 Å². The van der Waals surface area contributed by atoms with E-state index in [0.29, 0.717) is 30.8 Å². The lowest BCUT2D eigenvalue weighted by Gasteiger charge is -2.41. The number of nitrogens with zero attached hydrogens (tertiary/aromatic N) is 2. The van der Waals surface area contributed by atoms with Crippen molar-refractivity contribution in [1.29, 1.82) is 0 Å². The molecule has 2 aliphatic heterocycles. The van der Waals surface area contributed by atoms with Crippen molar-refractivity contribution >= 4 is 23.6 Å². The highest BCUT2D eigenvalue weighted by molar-refractivity contribution is 7.99. The lowest BCUT2D eigenvalue weighted by atomic mass is 10.00. The molecule has 8 nitrogen and oxygen atoms in total. The SMILES string of the molecule is CSC(O)CCc1c2n(cc(C(=O)NCc3ccc(F)cc3)c1=O)CC1NCCCN1C2=O. The first-order valence-corrected chi connectivity index (χ1v) is 12.2. The Morgan fingerprint density at radius 2 is 2.09 bits per heavy atom. The van der Waals surface area contributed by atoms with Gasteiger partial charge in [0.25, 0.3) is 11.8 Å². The molecule has 0 saturated carbocycles. The first-order valence-electron chi connectivity index (χ1n) is 10.9. The van der Waals surface area contributed by atoms with E-state index in [-0.39, 0.29) is 42.0 Å². The molecular weight excluding hydrogens is 447 g/mol. The van der Waals surface area contributed by atoms with Gasteiger partial charge in [0.2, 0.25) is 0 Å². The van der Waals surface area contributed by atoms with Gasteiger partial charge in [-0.15, -0.1) is 11.8 Å². The van der Waals surface area contributed by atoms with Crippen LogP contribution < -0.4 is 16.1 Å². The van der Waals surface area contributed by atoms with Crippen LogP contribution in [0.4, 0.5) is 4.39 Å². The fraction of sp³-hybridized carbons (Fsp3) is 0.435. The highest BCUT2D eigenvalue weighted by Crippen LogP contribution is 2.23. The Morgan fingerprint density at radius 3 is 2.82 bits per heavy atom. The monoisotopic (exact) mass is 474 g/mol. The van der Waals surface area contributed by atoms with E-state index in [4.69, 9.17) is 0 Å². The first kappa shape index (κ1) is 23.5. The second-order valence-electron chi connectivity index (χ2n) is 8.21. The zero-order valence-electron chi connectivity index (χ0n) is 18.3. The molecule has 1 fully saturated rings. The molecule has 33 heavy (non-hydrogen) atoms. The van der Waals surface area contributed by atoms with E-state index in [1.54, 1.807) is 27.9 Å². The number of aliphatic hydroxyl groups excluding tert-OH is 1. The number of rotatable bonds is 7. The highest BCUT2D eigenvalue weighted by atomic mass is 32.2. The van der Waals surface area contributed by atoms with Crippen LogP contribution >= 0.6 is 11.8 Å². The van der Waals surface area contributed by atoms with Crippen molar-refractivity contribution in [3.8, 4) is 0 Å². The molecule has 3 N–H and O–H groups in total. The summed E-state index contributed by atoms with van der Waals surface area (Å²) in [6.07, 6.45) is 4.34. The summed E-state index contributed by atoms with van der Waals surface area (Å²) in [5.74, 6) is -1.16. The van der Waals surface area contributed by atoms with Crippen LogP contribution in [-0.4, -0.2) is 57.3 Å². The minimum Gasteiger partial charge on any atom is -0.382 e. The first-order chi connectivity index (χ1) is 15.9. The molecule has 176 valence electrons. The number of hydrogen-bond donors (Lipinski definition) is 3. The third-order valence-corrected chi connectivity index (χ3v) is 6.85. The number of carbonyl (C=O) groups is 2. The lowest BCUT2D eigenvalue weighted by Crippen LogP contribution is -2.59. The van der Waals surface area contributed by atoms with Crippen LogP contribution in [-0.2, 0) is 19.5 Å². The minimum atomic E-state index is -0.677. The number of pyridine rings is 1. The number of aromatic nitrogens is 1. The van der Waals surface area contributed by atoms with E-state index < -0.39 is 16.8 Å². The molecule has 2 atom stereocenters. The van der Waals surface area contributed by atoms with Crippen molar-refractivity contribution in [3.63, 3.8) is 0 Å². The van der Waals surface area contributed by atoms with Gasteiger partial charge in [-0.25, -0.2) is 4.39 Å². The third kappa shape index (κ3) is 4.97. The maximum Gasteiger partial charge on any atom is 0.272 e. The van der Waals surface area contributed by atoms with Crippen molar-refractivity contribution in [2.45, 2.75) is 44.0 Å². The van der Waals surface area contributed by atoms with Gasteiger partial charge in [-0.05, 0) is 49.8 Å². The van der Waals surface area contributed by atoms with Gasteiger partial charge in [0.05, 0.1) is 12.0 Å². The van der Waals surface area contributed by atoms with E-state index in [9.17, 15) is 23.9 Å². The maximum atomic E-state index is 13.3. The van der Waals surface area contributed by atoms with Gasteiger partial charge in [0.1, 0.15) is 23.2 Å². The van der Waals surface area contributed by atoms with E-state index in [1.165, 1.54) is 30.1 Å². The number of amides is 2. The number of nitrogens with one attached hydrogen (secondary N) is 2. The van der Waals surface area contributed by atoms with Crippen LogP contribution in [0.3, 0.4) is 0 Å². The average molecular weight is 475 g/mol. The molecule has 1 saturated heterocycles. The smallest absolute Gasteiger partial charge is 0.272 e. The average Bonchev–Trinajstić information content (AvgIpc) is 2.82. The standard InChI is InChI=1S/C23H27FN4O4S/c1-33-19(29)8-7-16-20-23(32)28-10-2-9-25-18(28)13-27(20)12-17(21(16)30)22(31)26-11-14-3-5-15(24)6-4-14/h3-6,12,18-19,25,29H,2,7-11,13H2,1H3,(H,26,31). The molecule has 1 aromatic heterocycles. The Morgan fingerprint density at radius 1 is 1.33 bits per heavy atom. The number of hydrogen-bond acceptors (Lipinski definition) is 6. The van der Waals surface area contributed by atoms with Crippen LogP contribution in [0.25, 0.3) is 0 Å². The third-order valence-electron chi connectivity index (χ3n) is 6.07. The summed E-state index contributed by atoms with van der Waals surface area (Å²) < 4.78 is 14.8. The molecule has 2 aliphatic rings. The van der Waals surface area contributed by atoms with Crippen LogP contribution in [0.5, 0.6) is 0 Å². The van der Waals surface area contributed by atoms with Crippen molar-refractivity contribution < 1.29 is 19.1 Å². The van der Waals surface area contributed by atoms with Crippen LogP contribution in [0.2, 0.25) is 0 Å². The summed E-state index contributed by atoms with van der Waals surface area (Å²) in [4.78, 5) is 41.3. The summed E-state index contributed by atoms with van der Waals surface area (Å²) in [7, 11) is 0. The number of carbonyl (C=O) groups excluding carboxylic acids is 2. The summed E-state index contributed by atoms with van der Waals surface area (Å²) >= 11 is 1.26. The Labute approximate surface area is 195 Å². The Bertz CT molecular complexity index is 1100. The second-order valence-corrected chi connectivity index (χ2v) is 9.23. The second kappa shape index (κ2) is 10.1. The fourth-order valence-corrected chi connectivity index (χ4v) is 4.64. The van der Waals surface area contributed by atoms with Gasteiger partial charge >= 0.3 is 0 Å². The summed E-state index contributed by atoms with van der Waals surface area (Å²) in [6, 6.07) is 5.73. The van der Waals surface area contributed by atoms with Gasteiger partial charge in [-0.3, -0.25) is 19.7 Å². The van der Waals surface area contributed by atoms with E-state index in [2.05, 4.69) is 10.6 Å². The van der Waals surface area contributed by atoms with Crippen LogP contribution in [0.1, 0.15) is 44.8 Å². The summed E-state index contributed by atoms with van der Waals surface area (Å²) in [6.45, 7) is 1.97. The molecule has 2 unspecified atom stereocenters. The molecule has 3 heterocycles.